The summed E-state index contributed by atoms with van der Waals surface area (Å²) in [7, 11) is 0. The molecule has 3 heterocycles. The summed E-state index contributed by atoms with van der Waals surface area (Å²) in [5.74, 6) is 0.872. The Hall–Kier alpha value is -2.98. The highest BCUT2D eigenvalue weighted by molar-refractivity contribution is 6.08. The maximum atomic E-state index is 12.0. The van der Waals surface area contributed by atoms with Gasteiger partial charge in [0, 0.05) is 31.3 Å². The number of hydrogen-bond donors (Lipinski definition) is 1. The molecule has 3 rings (SSSR count). The van der Waals surface area contributed by atoms with Crippen LogP contribution in [0.3, 0.4) is 0 Å². The van der Waals surface area contributed by atoms with E-state index in [-0.39, 0.29) is 11.5 Å². The predicted molar refractivity (Wildman–Crippen MR) is 82.7 cm³/mol. The summed E-state index contributed by atoms with van der Waals surface area (Å²) >= 11 is 0. The molecule has 1 aliphatic rings. The van der Waals surface area contributed by atoms with Crippen molar-refractivity contribution >= 4 is 23.8 Å². The molecule has 1 aliphatic heterocycles. The van der Waals surface area contributed by atoms with Crippen LogP contribution in [-0.4, -0.2) is 32.2 Å². The number of hydrogen-bond acceptors (Lipinski definition) is 6. The lowest BCUT2D eigenvalue weighted by Crippen LogP contribution is -2.35. The summed E-state index contributed by atoms with van der Waals surface area (Å²) in [5, 5.41) is 11.7. The van der Waals surface area contributed by atoms with Crippen LogP contribution in [0.15, 0.2) is 44.9 Å². The van der Waals surface area contributed by atoms with Gasteiger partial charge in [-0.15, -0.1) is 0 Å². The molecule has 118 valence electrons. The predicted octanol–water partition coefficient (Wildman–Crippen LogP) is 2.25. The molecule has 0 aliphatic carbocycles. The highest BCUT2D eigenvalue weighted by Crippen LogP contribution is 2.21. The quantitative estimate of drug-likeness (QED) is 0.687. The minimum absolute atomic E-state index is 0.0655. The fourth-order valence-electron chi connectivity index (χ4n) is 2.19. The van der Waals surface area contributed by atoms with Crippen molar-refractivity contribution in [3.63, 3.8) is 0 Å². The van der Waals surface area contributed by atoms with Crippen LogP contribution in [0.25, 0.3) is 6.08 Å². The van der Waals surface area contributed by atoms with Crippen molar-refractivity contribution < 1.29 is 18.4 Å². The summed E-state index contributed by atoms with van der Waals surface area (Å²) < 4.78 is 16.0. The summed E-state index contributed by atoms with van der Waals surface area (Å²) in [6.07, 6.45) is 2.84. The Kier molecular flexibility index (Phi) is 4.45. The van der Waals surface area contributed by atoms with Crippen molar-refractivity contribution in [3.8, 4) is 6.07 Å². The van der Waals surface area contributed by atoms with Gasteiger partial charge < -0.3 is 18.5 Å². The van der Waals surface area contributed by atoms with Crippen LogP contribution in [0.2, 0.25) is 0 Å². The third kappa shape index (κ3) is 3.62. The molecule has 0 unspecified atom stereocenters. The van der Waals surface area contributed by atoms with Crippen molar-refractivity contribution in [3.05, 3.63) is 41.9 Å². The van der Waals surface area contributed by atoms with Crippen molar-refractivity contribution in [1.82, 2.24) is 0 Å². The molecule has 2 aromatic rings. The zero-order chi connectivity index (χ0) is 16.1. The molecule has 0 spiro atoms. The maximum absolute atomic E-state index is 12.0. The van der Waals surface area contributed by atoms with Gasteiger partial charge in [-0.25, -0.2) is 0 Å². The number of carbonyl (C=O) groups excluding carboxylic acids is 1. The first-order chi connectivity index (χ1) is 11.3. The Morgan fingerprint density at radius 3 is 2.83 bits per heavy atom. The van der Waals surface area contributed by atoms with E-state index in [1.165, 1.54) is 12.3 Å². The molecule has 2 aromatic heterocycles. The Balaban J connectivity index is 1.72. The fraction of sp³-hybridized carbons (Fsp3) is 0.250. The molecule has 1 saturated heterocycles. The molecule has 7 nitrogen and oxygen atoms in total. The van der Waals surface area contributed by atoms with E-state index in [9.17, 15) is 4.79 Å². The van der Waals surface area contributed by atoms with Gasteiger partial charge in [0.2, 0.25) is 0 Å². The van der Waals surface area contributed by atoms with Crippen LogP contribution < -0.4 is 10.2 Å². The number of nitrogens with one attached hydrogen (secondary N) is 1. The molecule has 0 radical (unpaired) electrons. The Labute approximate surface area is 132 Å². The maximum Gasteiger partial charge on any atom is 0.268 e. The number of nitrogens with zero attached hydrogens (tertiary/aromatic N) is 2. The van der Waals surface area contributed by atoms with Crippen LogP contribution in [0.1, 0.15) is 5.76 Å². The molecule has 0 saturated carbocycles. The molecule has 0 atom stereocenters. The smallest absolute Gasteiger partial charge is 0.268 e. The molecule has 0 aromatic carbocycles. The Bertz CT molecular complexity index is 734. The number of rotatable bonds is 4. The number of morpholine rings is 1. The number of ether oxygens (including phenoxy) is 1. The molecule has 0 bridgehead atoms. The van der Waals surface area contributed by atoms with Crippen LogP contribution in [0, 0.1) is 11.3 Å². The van der Waals surface area contributed by atoms with Crippen molar-refractivity contribution in [2.24, 2.45) is 0 Å². The summed E-state index contributed by atoms with van der Waals surface area (Å²) in [6.45, 7) is 2.81. The lowest BCUT2D eigenvalue weighted by Gasteiger charge is -2.26. The number of amides is 1. The molecule has 1 N–H and O–H groups in total. The van der Waals surface area contributed by atoms with Crippen LogP contribution in [0.4, 0.5) is 11.8 Å². The summed E-state index contributed by atoms with van der Waals surface area (Å²) in [4.78, 5) is 14.1. The second kappa shape index (κ2) is 6.85. The molecular weight excluding hydrogens is 298 g/mol. The summed E-state index contributed by atoms with van der Waals surface area (Å²) in [6, 6.07) is 8.64. The molecule has 7 heteroatoms. The van der Waals surface area contributed by atoms with Crippen molar-refractivity contribution in [1.29, 1.82) is 5.26 Å². The first kappa shape index (κ1) is 14.9. The second-order valence-electron chi connectivity index (χ2n) is 4.88. The number of anilines is 2. The van der Waals surface area contributed by atoms with Crippen molar-refractivity contribution in [2.75, 3.05) is 36.5 Å². The molecule has 23 heavy (non-hydrogen) atoms. The number of nitriles is 1. The van der Waals surface area contributed by atoms with Gasteiger partial charge in [-0.2, -0.15) is 5.26 Å². The monoisotopic (exact) mass is 313 g/mol. The topological polar surface area (TPSA) is 91.6 Å². The molecular formula is C16H15N3O4. The van der Waals surface area contributed by atoms with E-state index in [2.05, 4.69) is 10.2 Å². The van der Waals surface area contributed by atoms with Gasteiger partial charge >= 0.3 is 0 Å². The minimum Gasteiger partial charge on any atom is -0.449 e. The number of carbonyl (C=O) groups is 1. The van der Waals surface area contributed by atoms with E-state index in [1.807, 2.05) is 12.1 Å². The van der Waals surface area contributed by atoms with E-state index < -0.39 is 5.91 Å². The minimum atomic E-state index is -0.549. The number of furan rings is 2. The van der Waals surface area contributed by atoms with E-state index in [4.69, 9.17) is 18.8 Å². The van der Waals surface area contributed by atoms with E-state index in [1.54, 1.807) is 18.2 Å². The lowest BCUT2D eigenvalue weighted by molar-refractivity contribution is -0.112. The molecule has 1 amide bonds. The van der Waals surface area contributed by atoms with Crippen LogP contribution in [-0.2, 0) is 9.53 Å². The van der Waals surface area contributed by atoms with Gasteiger partial charge in [-0.1, -0.05) is 0 Å². The van der Waals surface area contributed by atoms with E-state index in [0.717, 1.165) is 13.1 Å². The standard InChI is InChI=1S/C16H15N3O4/c17-11-12(16(20)18-14-2-1-7-22-14)10-13-3-4-15(23-13)19-5-8-21-9-6-19/h1-4,7,10H,5-6,8-9H2,(H,18,20)/b12-10+. The van der Waals surface area contributed by atoms with Gasteiger partial charge in [0.25, 0.3) is 5.91 Å². The SMILES string of the molecule is N#C/C(=C\c1ccc(N2CCOCC2)o1)C(=O)Nc1ccco1. The van der Waals surface area contributed by atoms with Gasteiger partial charge in [-0.05, 0) is 12.1 Å². The largest absolute Gasteiger partial charge is 0.449 e. The van der Waals surface area contributed by atoms with E-state index >= 15 is 0 Å². The zero-order valence-electron chi connectivity index (χ0n) is 12.3. The van der Waals surface area contributed by atoms with Gasteiger partial charge in [-0.3, -0.25) is 10.1 Å². The van der Waals surface area contributed by atoms with Gasteiger partial charge in [0.1, 0.15) is 17.4 Å². The highest BCUT2D eigenvalue weighted by atomic mass is 16.5. The molecule has 1 fully saturated rings. The third-order valence-corrected chi connectivity index (χ3v) is 3.34. The second-order valence-corrected chi connectivity index (χ2v) is 4.88. The first-order valence-corrected chi connectivity index (χ1v) is 7.15. The highest BCUT2D eigenvalue weighted by Gasteiger charge is 2.16. The average molecular weight is 313 g/mol. The average Bonchev–Trinajstić information content (AvgIpc) is 3.25. The first-order valence-electron chi connectivity index (χ1n) is 7.15. The van der Waals surface area contributed by atoms with E-state index in [0.29, 0.717) is 24.9 Å². The third-order valence-electron chi connectivity index (χ3n) is 3.34. The van der Waals surface area contributed by atoms with Crippen LogP contribution in [0.5, 0.6) is 0 Å². The fourth-order valence-corrected chi connectivity index (χ4v) is 2.19. The lowest BCUT2D eigenvalue weighted by atomic mass is 10.2. The Morgan fingerprint density at radius 1 is 1.30 bits per heavy atom. The Morgan fingerprint density at radius 2 is 2.13 bits per heavy atom. The zero-order valence-corrected chi connectivity index (χ0v) is 12.3. The normalized spacial score (nSPS) is 15.3. The summed E-state index contributed by atoms with van der Waals surface area (Å²) in [5.41, 5.74) is -0.0655. The van der Waals surface area contributed by atoms with Gasteiger partial charge in [0.15, 0.2) is 11.8 Å². The van der Waals surface area contributed by atoms with Crippen molar-refractivity contribution in [2.45, 2.75) is 0 Å². The van der Waals surface area contributed by atoms with Gasteiger partial charge in [0.05, 0.1) is 19.5 Å². The van der Waals surface area contributed by atoms with Crippen LogP contribution >= 0.6 is 0 Å².